The van der Waals surface area contributed by atoms with Crippen molar-refractivity contribution in [2.75, 3.05) is 24.6 Å². The van der Waals surface area contributed by atoms with E-state index in [2.05, 4.69) is 31.5 Å². The molecule has 0 N–H and O–H groups in total. The Morgan fingerprint density at radius 3 is 2.51 bits per heavy atom. The SMILES string of the molecule is Cc1cc(C(C2CC(F)(F)C2)N2C[C@H](C)N(c3nc4nncn4c4c3nc(C)n4CC3CCCO3)C[C@H]2C)ccc1C(F)(F)F. The van der Waals surface area contributed by atoms with Gasteiger partial charge in [0.1, 0.15) is 17.7 Å². The number of ether oxygens (including phenoxy) is 1. The average molecular weight is 633 g/mol. The molecule has 0 bridgehead atoms. The number of imidazole rings is 1. The van der Waals surface area contributed by atoms with Gasteiger partial charge < -0.3 is 14.2 Å². The molecule has 45 heavy (non-hydrogen) atoms. The zero-order valence-corrected chi connectivity index (χ0v) is 25.7. The molecule has 5 heterocycles. The monoisotopic (exact) mass is 632 g/mol. The second-order valence-corrected chi connectivity index (χ2v) is 13.1. The van der Waals surface area contributed by atoms with E-state index in [-0.39, 0.29) is 42.5 Å². The van der Waals surface area contributed by atoms with Crippen molar-refractivity contribution in [1.82, 2.24) is 34.0 Å². The van der Waals surface area contributed by atoms with Gasteiger partial charge in [0.2, 0.25) is 5.92 Å². The molecular formula is C31H37F5N8O. The zero-order valence-electron chi connectivity index (χ0n) is 25.7. The first-order valence-electron chi connectivity index (χ1n) is 15.6. The third-order valence-electron chi connectivity index (χ3n) is 9.85. The summed E-state index contributed by atoms with van der Waals surface area (Å²) in [5, 5.41) is 8.38. The van der Waals surface area contributed by atoms with Crippen LogP contribution in [0.3, 0.4) is 0 Å². The van der Waals surface area contributed by atoms with Crippen LogP contribution in [0, 0.1) is 19.8 Å². The Morgan fingerprint density at radius 1 is 1.07 bits per heavy atom. The Kier molecular flexibility index (Phi) is 7.30. The van der Waals surface area contributed by atoms with Gasteiger partial charge in [0.05, 0.1) is 18.2 Å². The van der Waals surface area contributed by atoms with Crippen LogP contribution in [-0.4, -0.2) is 77.8 Å². The highest BCUT2D eigenvalue weighted by Gasteiger charge is 2.52. The van der Waals surface area contributed by atoms with Gasteiger partial charge in [-0.25, -0.2) is 18.2 Å². The average Bonchev–Trinajstić information content (AvgIpc) is 3.70. The molecule has 2 unspecified atom stereocenters. The third kappa shape index (κ3) is 5.33. The van der Waals surface area contributed by atoms with E-state index < -0.39 is 23.7 Å². The maximum Gasteiger partial charge on any atom is 0.416 e. The molecule has 3 aromatic heterocycles. The molecule has 2 aliphatic heterocycles. The number of aryl methyl sites for hydroxylation is 2. The lowest BCUT2D eigenvalue weighted by Crippen LogP contribution is -2.59. The van der Waals surface area contributed by atoms with E-state index in [0.29, 0.717) is 36.8 Å². The number of halogens is 5. The van der Waals surface area contributed by atoms with Crippen LogP contribution in [0.25, 0.3) is 16.9 Å². The van der Waals surface area contributed by atoms with E-state index >= 15 is 0 Å². The maximum absolute atomic E-state index is 14.2. The molecule has 4 aromatic rings. The molecule has 9 nitrogen and oxygen atoms in total. The predicted molar refractivity (Wildman–Crippen MR) is 157 cm³/mol. The molecule has 3 fully saturated rings. The van der Waals surface area contributed by atoms with Crippen molar-refractivity contribution in [2.24, 2.45) is 5.92 Å². The summed E-state index contributed by atoms with van der Waals surface area (Å²) < 4.78 is 79.0. The van der Waals surface area contributed by atoms with Crippen LogP contribution in [0.2, 0.25) is 0 Å². The fourth-order valence-corrected chi connectivity index (χ4v) is 7.65. The van der Waals surface area contributed by atoms with Gasteiger partial charge in [-0.2, -0.15) is 18.2 Å². The molecule has 0 spiro atoms. The number of aromatic nitrogens is 6. The number of piperazine rings is 1. The molecule has 1 aromatic carbocycles. The summed E-state index contributed by atoms with van der Waals surface area (Å²) in [5.74, 6) is -1.18. The molecule has 1 aliphatic carbocycles. The van der Waals surface area contributed by atoms with Crippen molar-refractivity contribution >= 4 is 22.8 Å². The fourth-order valence-electron chi connectivity index (χ4n) is 7.65. The first kappa shape index (κ1) is 30.3. The standard InChI is InChI=1S/C31H37F5N8O/c1-17-10-21(7-8-24(17)31(34,35)36)26(22-11-30(32,33)12-22)41-13-19(3)42(14-18(41)2)27-25-28(44-16-37-40-29(44)39-27)43(20(4)38-25)15-23-6-5-9-45-23/h7-8,10,16,18-19,22-23,26H,5-6,9,11-15H2,1-4H3/t18-,19+,23?,26?/m1/s1. The third-order valence-corrected chi connectivity index (χ3v) is 9.85. The Balaban J connectivity index is 1.23. The van der Waals surface area contributed by atoms with Crippen LogP contribution in [0.5, 0.6) is 0 Å². The Bertz CT molecular complexity index is 1720. The van der Waals surface area contributed by atoms with Crippen molar-refractivity contribution in [3.63, 3.8) is 0 Å². The molecule has 7 rings (SSSR count). The lowest BCUT2D eigenvalue weighted by molar-refractivity contribution is -0.138. The smallest absolute Gasteiger partial charge is 0.376 e. The second kappa shape index (κ2) is 10.9. The van der Waals surface area contributed by atoms with Gasteiger partial charge in [0.15, 0.2) is 11.5 Å². The van der Waals surface area contributed by atoms with E-state index in [1.165, 1.54) is 19.1 Å². The molecule has 242 valence electrons. The van der Waals surface area contributed by atoms with Gasteiger partial charge in [-0.15, -0.1) is 10.2 Å². The number of alkyl halides is 5. The quantitative estimate of drug-likeness (QED) is 0.242. The van der Waals surface area contributed by atoms with Crippen molar-refractivity contribution in [1.29, 1.82) is 0 Å². The van der Waals surface area contributed by atoms with Crippen molar-refractivity contribution in [3.8, 4) is 0 Å². The highest BCUT2D eigenvalue weighted by molar-refractivity contribution is 5.87. The summed E-state index contributed by atoms with van der Waals surface area (Å²) in [6.45, 7) is 9.91. The molecule has 4 atom stereocenters. The molecular weight excluding hydrogens is 595 g/mol. The van der Waals surface area contributed by atoms with Crippen LogP contribution in [-0.2, 0) is 17.5 Å². The van der Waals surface area contributed by atoms with Crippen LogP contribution in [0.15, 0.2) is 24.5 Å². The predicted octanol–water partition coefficient (Wildman–Crippen LogP) is 5.97. The molecule has 14 heteroatoms. The lowest BCUT2D eigenvalue weighted by atomic mass is 9.72. The van der Waals surface area contributed by atoms with E-state index in [0.717, 1.165) is 42.5 Å². The highest BCUT2D eigenvalue weighted by Crippen LogP contribution is 2.51. The summed E-state index contributed by atoms with van der Waals surface area (Å²) in [6, 6.07) is 3.41. The first-order chi connectivity index (χ1) is 21.3. The maximum atomic E-state index is 14.2. The number of benzene rings is 1. The molecule has 3 aliphatic rings. The van der Waals surface area contributed by atoms with Crippen molar-refractivity contribution in [3.05, 3.63) is 47.0 Å². The van der Waals surface area contributed by atoms with Gasteiger partial charge in [0, 0.05) is 50.7 Å². The molecule has 1 saturated carbocycles. The summed E-state index contributed by atoms with van der Waals surface area (Å²) in [6.07, 6.45) is -1.32. The van der Waals surface area contributed by atoms with Crippen LogP contribution in [0.1, 0.15) is 68.1 Å². The van der Waals surface area contributed by atoms with E-state index in [1.807, 2.05) is 18.2 Å². The number of rotatable bonds is 6. The van der Waals surface area contributed by atoms with Crippen LogP contribution in [0.4, 0.5) is 27.8 Å². The summed E-state index contributed by atoms with van der Waals surface area (Å²) in [7, 11) is 0. The van der Waals surface area contributed by atoms with Crippen LogP contribution < -0.4 is 4.90 Å². The number of nitrogens with zero attached hydrogens (tertiary/aromatic N) is 8. The van der Waals surface area contributed by atoms with Gasteiger partial charge in [-0.3, -0.25) is 4.90 Å². The van der Waals surface area contributed by atoms with Crippen molar-refractivity contribution in [2.45, 2.75) is 96.3 Å². The fraction of sp³-hybridized carbons (Fsp3) is 0.613. The normalized spacial score (nSPS) is 25.4. The number of hydrogen-bond acceptors (Lipinski definition) is 7. The topological polar surface area (TPSA) is 76.6 Å². The molecule has 0 amide bonds. The molecule has 2 saturated heterocycles. The summed E-state index contributed by atoms with van der Waals surface area (Å²) >= 11 is 0. The van der Waals surface area contributed by atoms with E-state index in [4.69, 9.17) is 14.7 Å². The molecule has 0 radical (unpaired) electrons. The van der Waals surface area contributed by atoms with Gasteiger partial charge in [-0.05, 0) is 63.6 Å². The van der Waals surface area contributed by atoms with Gasteiger partial charge in [-0.1, -0.05) is 12.1 Å². The lowest BCUT2D eigenvalue weighted by Gasteiger charge is -2.52. The minimum atomic E-state index is -4.48. The Hall–Kier alpha value is -3.39. The number of fused-ring (bicyclic) bond motifs is 3. The van der Waals surface area contributed by atoms with Crippen LogP contribution >= 0.6 is 0 Å². The summed E-state index contributed by atoms with van der Waals surface area (Å²) in [5.41, 5.74) is 1.59. The van der Waals surface area contributed by atoms with Gasteiger partial charge in [0.25, 0.3) is 5.78 Å². The minimum Gasteiger partial charge on any atom is -0.376 e. The van der Waals surface area contributed by atoms with E-state index in [9.17, 15) is 22.0 Å². The summed E-state index contributed by atoms with van der Waals surface area (Å²) in [4.78, 5) is 14.2. The highest BCUT2D eigenvalue weighted by atomic mass is 19.4. The second-order valence-electron chi connectivity index (χ2n) is 13.1. The van der Waals surface area contributed by atoms with Gasteiger partial charge >= 0.3 is 6.18 Å². The van der Waals surface area contributed by atoms with E-state index in [1.54, 1.807) is 6.33 Å². The largest absolute Gasteiger partial charge is 0.416 e. The Morgan fingerprint density at radius 2 is 1.84 bits per heavy atom. The zero-order chi connectivity index (χ0) is 31.8. The van der Waals surface area contributed by atoms with Crippen molar-refractivity contribution < 1.29 is 26.7 Å². The number of anilines is 1. The number of hydrogen-bond donors (Lipinski definition) is 0. The minimum absolute atomic E-state index is 0.0939. The Labute approximate surface area is 257 Å². The first-order valence-corrected chi connectivity index (χ1v) is 15.6.